The van der Waals surface area contributed by atoms with E-state index >= 15 is 0 Å². The largest absolute Gasteiger partial charge is 0.459 e. The van der Waals surface area contributed by atoms with Gasteiger partial charge in [0.2, 0.25) is 0 Å². The second-order valence-corrected chi connectivity index (χ2v) is 5.87. The minimum Gasteiger partial charge on any atom is -0.459 e. The molecule has 126 valence electrons. The monoisotopic (exact) mass is 351 g/mol. The Labute approximate surface area is 151 Å². The molecule has 0 bridgehead atoms. The molecule has 6 heteroatoms. The highest BCUT2D eigenvalue weighted by Crippen LogP contribution is 2.16. The smallest absolute Gasteiger partial charge is 0.291 e. The van der Waals surface area contributed by atoms with Gasteiger partial charge in [0.1, 0.15) is 0 Å². The van der Waals surface area contributed by atoms with Crippen LogP contribution in [0.4, 0.5) is 17.1 Å². The van der Waals surface area contributed by atoms with Crippen LogP contribution in [-0.2, 0) is 0 Å². The van der Waals surface area contributed by atoms with Gasteiger partial charge < -0.3 is 20.4 Å². The van der Waals surface area contributed by atoms with Crippen LogP contribution in [0.15, 0.2) is 71.3 Å². The topological polar surface area (TPSA) is 66.3 Å². The van der Waals surface area contributed by atoms with Crippen molar-refractivity contribution in [2.24, 2.45) is 0 Å². The number of carbonyl (C=O) groups excluding carboxylic acids is 1. The van der Waals surface area contributed by atoms with E-state index in [0.29, 0.717) is 10.8 Å². The highest BCUT2D eigenvalue weighted by Gasteiger charge is 2.08. The molecule has 25 heavy (non-hydrogen) atoms. The molecule has 3 aromatic rings. The maximum Gasteiger partial charge on any atom is 0.291 e. The highest BCUT2D eigenvalue weighted by molar-refractivity contribution is 7.80. The van der Waals surface area contributed by atoms with Gasteiger partial charge in [0.25, 0.3) is 5.91 Å². The average Bonchev–Trinajstić information content (AvgIpc) is 3.11. The molecule has 0 radical (unpaired) electrons. The Morgan fingerprint density at radius 2 is 1.56 bits per heavy atom. The van der Waals surface area contributed by atoms with E-state index in [1.165, 1.54) is 6.26 Å². The molecule has 0 spiro atoms. The summed E-state index contributed by atoms with van der Waals surface area (Å²) in [6.45, 7) is 2.03. The number of benzene rings is 2. The number of anilines is 3. The normalized spacial score (nSPS) is 10.1. The van der Waals surface area contributed by atoms with Crippen LogP contribution >= 0.6 is 12.2 Å². The van der Waals surface area contributed by atoms with Crippen molar-refractivity contribution in [2.75, 3.05) is 16.0 Å². The minimum absolute atomic E-state index is 0.269. The lowest BCUT2D eigenvalue weighted by Gasteiger charge is -2.11. The Morgan fingerprint density at radius 1 is 0.880 bits per heavy atom. The van der Waals surface area contributed by atoms with Crippen LogP contribution in [0.2, 0.25) is 0 Å². The van der Waals surface area contributed by atoms with Crippen LogP contribution in [0.3, 0.4) is 0 Å². The predicted molar refractivity (Wildman–Crippen MR) is 104 cm³/mol. The molecule has 5 nitrogen and oxygen atoms in total. The van der Waals surface area contributed by atoms with E-state index in [1.54, 1.807) is 24.3 Å². The van der Waals surface area contributed by atoms with E-state index in [0.717, 1.165) is 16.9 Å². The maximum atomic E-state index is 11.9. The van der Waals surface area contributed by atoms with Crippen molar-refractivity contribution < 1.29 is 9.21 Å². The fourth-order valence-corrected chi connectivity index (χ4v) is 2.49. The molecule has 1 aromatic heterocycles. The molecule has 0 fully saturated rings. The van der Waals surface area contributed by atoms with Crippen LogP contribution in [0.5, 0.6) is 0 Å². The summed E-state index contributed by atoms with van der Waals surface area (Å²) in [5.41, 5.74) is 3.58. The zero-order chi connectivity index (χ0) is 17.6. The van der Waals surface area contributed by atoms with Gasteiger partial charge in [-0.05, 0) is 73.2 Å². The molecule has 3 N–H and O–H groups in total. The Morgan fingerprint density at radius 3 is 2.20 bits per heavy atom. The third-order valence-electron chi connectivity index (χ3n) is 3.42. The molecular weight excluding hydrogens is 334 g/mol. The number of hydrogen-bond acceptors (Lipinski definition) is 3. The first-order chi connectivity index (χ1) is 12.1. The number of carbonyl (C=O) groups is 1. The lowest BCUT2D eigenvalue weighted by molar-refractivity contribution is 0.0996. The van der Waals surface area contributed by atoms with Crippen LogP contribution in [0.25, 0.3) is 0 Å². The molecule has 1 heterocycles. The summed E-state index contributed by atoms with van der Waals surface area (Å²) >= 11 is 5.31. The Balaban J connectivity index is 1.57. The van der Waals surface area contributed by atoms with Gasteiger partial charge >= 0.3 is 0 Å². The van der Waals surface area contributed by atoms with Crippen molar-refractivity contribution in [3.05, 3.63) is 78.3 Å². The Bertz CT molecular complexity index is 874. The SMILES string of the molecule is Cc1cccc(NC(=S)Nc2ccc(NC(=O)c3ccco3)cc2)c1. The maximum absolute atomic E-state index is 11.9. The average molecular weight is 351 g/mol. The molecule has 0 saturated carbocycles. The molecule has 0 atom stereocenters. The van der Waals surface area contributed by atoms with Crippen LogP contribution in [-0.4, -0.2) is 11.0 Å². The summed E-state index contributed by atoms with van der Waals surface area (Å²) in [5, 5.41) is 9.50. The number of thiocarbonyl (C=S) groups is 1. The van der Waals surface area contributed by atoms with Gasteiger partial charge in [-0.1, -0.05) is 12.1 Å². The standard InChI is InChI=1S/C19H17N3O2S/c1-13-4-2-5-16(12-13)22-19(25)21-15-9-7-14(8-10-15)20-18(23)17-6-3-11-24-17/h2-12H,1H3,(H,20,23)(H2,21,22,25). The van der Waals surface area contributed by atoms with Crippen molar-refractivity contribution in [2.45, 2.75) is 6.92 Å². The molecule has 0 aliphatic heterocycles. The fourth-order valence-electron chi connectivity index (χ4n) is 2.25. The second kappa shape index (κ2) is 7.63. The molecule has 0 saturated heterocycles. The second-order valence-electron chi connectivity index (χ2n) is 5.46. The van der Waals surface area contributed by atoms with E-state index in [1.807, 2.05) is 43.3 Å². The Hall–Kier alpha value is -3.12. The van der Waals surface area contributed by atoms with Crippen LogP contribution in [0, 0.1) is 6.92 Å². The lowest BCUT2D eigenvalue weighted by atomic mass is 10.2. The van der Waals surface area contributed by atoms with Crippen LogP contribution in [0.1, 0.15) is 16.1 Å². The van der Waals surface area contributed by atoms with Gasteiger partial charge in [-0.25, -0.2) is 0 Å². The minimum atomic E-state index is -0.289. The first-order valence-corrected chi connectivity index (χ1v) is 8.10. The van der Waals surface area contributed by atoms with E-state index in [9.17, 15) is 4.79 Å². The van der Waals surface area contributed by atoms with E-state index in [4.69, 9.17) is 16.6 Å². The van der Waals surface area contributed by atoms with Crippen molar-refractivity contribution in [1.29, 1.82) is 0 Å². The van der Waals surface area contributed by atoms with E-state index in [-0.39, 0.29) is 11.7 Å². The van der Waals surface area contributed by atoms with Crippen molar-refractivity contribution in [1.82, 2.24) is 0 Å². The number of amides is 1. The third-order valence-corrected chi connectivity index (χ3v) is 3.63. The van der Waals surface area contributed by atoms with E-state index < -0.39 is 0 Å². The highest BCUT2D eigenvalue weighted by atomic mass is 32.1. The summed E-state index contributed by atoms with van der Waals surface area (Å²) in [7, 11) is 0. The number of rotatable bonds is 4. The number of hydrogen-bond donors (Lipinski definition) is 3. The molecule has 1 amide bonds. The third kappa shape index (κ3) is 4.68. The van der Waals surface area contributed by atoms with Crippen LogP contribution < -0.4 is 16.0 Å². The number of aryl methyl sites for hydroxylation is 1. The summed E-state index contributed by atoms with van der Waals surface area (Å²) in [6.07, 6.45) is 1.46. The van der Waals surface area contributed by atoms with Gasteiger partial charge in [-0.2, -0.15) is 0 Å². The molecule has 0 aliphatic rings. The molecule has 0 unspecified atom stereocenters. The number of nitrogens with one attached hydrogen (secondary N) is 3. The van der Waals surface area contributed by atoms with E-state index in [2.05, 4.69) is 16.0 Å². The van der Waals surface area contributed by atoms with Crippen molar-refractivity contribution in [3.63, 3.8) is 0 Å². The first-order valence-electron chi connectivity index (χ1n) is 7.70. The lowest BCUT2D eigenvalue weighted by Crippen LogP contribution is -2.19. The molecular formula is C19H17N3O2S. The van der Waals surface area contributed by atoms with Gasteiger partial charge in [0.05, 0.1) is 6.26 Å². The zero-order valence-corrected chi connectivity index (χ0v) is 14.4. The summed E-state index contributed by atoms with van der Waals surface area (Å²) in [5.74, 6) is -0.0203. The molecule has 0 aliphatic carbocycles. The zero-order valence-electron chi connectivity index (χ0n) is 13.6. The fraction of sp³-hybridized carbons (Fsp3) is 0.0526. The first kappa shape index (κ1) is 16.7. The van der Waals surface area contributed by atoms with Gasteiger partial charge in [0.15, 0.2) is 10.9 Å². The molecule has 2 aromatic carbocycles. The van der Waals surface area contributed by atoms with Crippen molar-refractivity contribution >= 4 is 40.3 Å². The summed E-state index contributed by atoms with van der Waals surface area (Å²) in [6, 6.07) is 18.5. The van der Waals surface area contributed by atoms with Gasteiger partial charge in [-0.3, -0.25) is 4.79 Å². The quantitative estimate of drug-likeness (QED) is 0.597. The van der Waals surface area contributed by atoms with Gasteiger partial charge in [-0.15, -0.1) is 0 Å². The van der Waals surface area contributed by atoms with Gasteiger partial charge in [0, 0.05) is 17.1 Å². The number of furan rings is 1. The van der Waals surface area contributed by atoms with Crippen molar-refractivity contribution in [3.8, 4) is 0 Å². The summed E-state index contributed by atoms with van der Waals surface area (Å²) in [4.78, 5) is 11.9. The predicted octanol–water partition coefficient (Wildman–Crippen LogP) is 4.65. The molecule has 3 rings (SSSR count). The summed E-state index contributed by atoms with van der Waals surface area (Å²) < 4.78 is 5.06. The Kier molecular flexibility index (Phi) is 5.11.